The van der Waals surface area contributed by atoms with E-state index in [0.717, 1.165) is 31.4 Å². The number of hydrogen-bond donors (Lipinski definition) is 1. The molecule has 1 saturated heterocycles. The normalized spacial score (nSPS) is 18.7. The molecule has 1 fully saturated rings. The Labute approximate surface area is 117 Å². The van der Waals surface area contributed by atoms with Crippen LogP contribution in [0.5, 0.6) is 0 Å². The van der Waals surface area contributed by atoms with Gasteiger partial charge in [0.25, 0.3) is 5.69 Å². The van der Waals surface area contributed by atoms with Gasteiger partial charge in [-0.05, 0) is 38.7 Å². The van der Waals surface area contributed by atoms with Gasteiger partial charge in [-0.25, -0.2) is 4.79 Å². The summed E-state index contributed by atoms with van der Waals surface area (Å²) in [6, 6.07) is 4.52. The van der Waals surface area contributed by atoms with E-state index < -0.39 is 4.92 Å². The number of piperidine rings is 1. The van der Waals surface area contributed by atoms with Crippen molar-refractivity contribution in [1.29, 1.82) is 0 Å². The number of non-ortho nitro benzene ring substituents is 1. The molecule has 0 saturated carbocycles. The number of hydrogen-bond acceptors (Lipinski definition) is 3. The Balaban J connectivity index is 2.14. The second-order valence-electron chi connectivity index (χ2n) is 5.22. The van der Waals surface area contributed by atoms with Crippen LogP contribution in [-0.4, -0.2) is 28.4 Å². The first kappa shape index (κ1) is 14.3. The van der Waals surface area contributed by atoms with Crippen LogP contribution in [-0.2, 0) is 0 Å². The summed E-state index contributed by atoms with van der Waals surface area (Å²) in [5, 5.41) is 13.6. The van der Waals surface area contributed by atoms with E-state index in [4.69, 9.17) is 0 Å². The van der Waals surface area contributed by atoms with E-state index in [0.29, 0.717) is 5.69 Å². The van der Waals surface area contributed by atoms with Gasteiger partial charge < -0.3 is 10.2 Å². The number of nitro benzene ring substituents is 1. The van der Waals surface area contributed by atoms with Crippen LogP contribution < -0.4 is 5.32 Å². The molecule has 2 amide bonds. The number of rotatable bonds is 2. The molecule has 6 nitrogen and oxygen atoms in total. The van der Waals surface area contributed by atoms with Crippen molar-refractivity contribution in [2.45, 2.75) is 39.2 Å². The molecule has 0 bridgehead atoms. The highest BCUT2D eigenvalue weighted by Gasteiger charge is 2.23. The number of likely N-dealkylation sites (tertiary alicyclic amines) is 1. The third-order valence-electron chi connectivity index (χ3n) is 3.74. The number of nitrogens with zero attached hydrogens (tertiary/aromatic N) is 2. The van der Waals surface area contributed by atoms with E-state index in [2.05, 4.69) is 5.32 Å². The Morgan fingerprint density at radius 1 is 1.45 bits per heavy atom. The van der Waals surface area contributed by atoms with Gasteiger partial charge in [0, 0.05) is 24.7 Å². The van der Waals surface area contributed by atoms with Crippen molar-refractivity contribution in [3.05, 3.63) is 33.9 Å². The minimum Gasteiger partial charge on any atom is -0.322 e. The highest BCUT2D eigenvalue weighted by atomic mass is 16.6. The number of anilines is 1. The predicted molar refractivity (Wildman–Crippen MR) is 76.9 cm³/mol. The number of benzene rings is 1. The second-order valence-corrected chi connectivity index (χ2v) is 5.22. The molecular formula is C14H19N3O3. The minimum atomic E-state index is -0.460. The van der Waals surface area contributed by atoms with Crippen LogP contribution in [0, 0.1) is 17.0 Å². The lowest BCUT2D eigenvalue weighted by Gasteiger charge is -2.33. The Bertz CT molecular complexity index is 530. The van der Waals surface area contributed by atoms with Crippen LogP contribution in [0.15, 0.2) is 18.2 Å². The Morgan fingerprint density at radius 3 is 2.85 bits per heavy atom. The highest BCUT2D eigenvalue weighted by Crippen LogP contribution is 2.23. The monoisotopic (exact) mass is 277 g/mol. The molecule has 1 atom stereocenters. The van der Waals surface area contributed by atoms with Crippen molar-refractivity contribution in [3.63, 3.8) is 0 Å². The van der Waals surface area contributed by atoms with Crippen LogP contribution in [0.2, 0.25) is 0 Å². The molecule has 0 aromatic heterocycles. The van der Waals surface area contributed by atoms with Crippen molar-refractivity contribution in [1.82, 2.24) is 4.90 Å². The number of amides is 2. The Morgan fingerprint density at radius 2 is 2.20 bits per heavy atom. The molecule has 108 valence electrons. The van der Waals surface area contributed by atoms with Gasteiger partial charge in [-0.1, -0.05) is 6.07 Å². The summed E-state index contributed by atoms with van der Waals surface area (Å²) in [5.41, 5.74) is 1.30. The van der Waals surface area contributed by atoms with E-state index >= 15 is 0 Å². The molecule has 1 aliphatic heterocycles. The maximum atomic E-state index is 12.3. The van der Waals surface area contributed by atoms with Crippen molar-refractivity contribution in [2.75, 3.05) is 11.9 Å². The molecule has 1 heterocycles. The molecule has 0 radical (unpaired) electrons. The number of carbonyl (C=O) groups is 1. The molecule has 1 aromatic rings. The number of nitro groups is 1. The molecule has 1 aromatic carbocycles. The maximum Gasteiger partial charge on any atom is 0.322 e. The maximum absolute atomic E-state index is 12.3. The van der Waals surface area contributed by atoms with E-state index in [1.54, 1.807) is 11.0 Å². The fourth-order valence-electron chi connectivity index (χ4n) is 2.45. The zero-order valence-electron chi connectivity index (χ0n) is 11.8. The summed E-state index contributed by atoms with van der Waals surface area (Å²) in [6.45, 7) is 4.58. The lowest BCUT2D eigenvalue weighted by Crippen LogP contribution is -2.44. The van der Waals surface area contributed by atoms with Crippen LogP contribution in [0.1, 0.15) is 31.7 Å². The third-order valence-corrected chi connectivity index (χ3v) is 3.74. The third kappa shape index (κ3) is 3.07. The average molecular weight is 277 g/mol. The molecule has 0 spiro atoms. The molecule has 20 heavy (non-hydrogen) atoms. The van der Waals surface area contributed by atoms with Gasteiger partial charge in [0.2, 0.25) is 0 Å². The van der Waals surface area contributed by atoms with Gasteiger partial charge in [-0.3, -0.25) is 10.1 Å². The van der Waals surface area contributed by atoms with Gasteiger partial charge >= 0.3 is 6.03 Å². The van der Waals surface area contributed by atoms with Gasteiger partial charge in [0.15, 0.2) is 0 Å². The summed E-state index contributed by atoms with van der Waals surface area (Å²) in [5.74, 6) is 0. The molecule has 6 heteroatoms. The van der Waals surface area contributed by atoms with Gasteiger partial charge in [0.05, 0.1) is 10.6 Å². The van der Waals surface area contributed by atoms with E-state index in [1.165, 1.54) is 12.1 Å². The summed E-state index contributed by atoms with van der Waals surface area (Å²) < 4.78 is 0. The van der Waals surface area contributed by atoms with E-state index in [9.17, 15) is 14.9 Å². The zero-order chi connectivity index (χ0) is 14.7. The van der Waals surface area contributed by atoms with Crippen molar-refractivity contribution >= 4 is 17.4 Å². The molecular weight excluding hydrogens is 258 g/mol. The van der Waals surface area contributed by atoms with Crippen LogP contribution >= 0.6 is 0 Å². The van der Waals surface area contributed by atoms with Crippen LogP contribution in [0.25, 0.3) is 0 Å². The topological polar surface area (TPSA) is 75.5 Å². The van der Waals surface area contributed by atoms with Gasteiger partial charge in [0.1, 0.15) is 0 Å². The van der Waals surface area contributed by atoms with Gasteiger partial charge in [-0.15, -0.1) is 0 Å². The molecule has 1 aliphatic rings. The summed E-state index contributed by atoms with van der Waals surface area (Å²) in [4.78, 5) is 24.4. The lowest BCUT2D eigenvalue weighted by atomic mass is 10.0. The van der Waals surface area contributed by atoms with E-state index in [1.807, 2.05) is 13.8 Å². The zero-order valence-corrected chi connectivity index (χ0v) is 11.8. The summed E-state index contributed by atoms with van der Waals surface area (Å²) >= 11 is 0. The largest absolute Gasteiger partial charge is 0.322 e. The fraction of sp³-hybridized carbons (Fsp3) is 0.500. The first-order valence-electron chi connectivity index (χ1n) is 6.81. The van der Waals surface area contributed by atoms with Crippen LogP contribution in [0.4, 0.5) is 16.2 Å². The second kappa shape index (κ2) is 5.90. The van der Waals surface area contributed by atoms with Crippen LogP contribution in [0.3, 0.4) is 0 Å². The standard InChI is InChI=1S/C14H19N3O3/c1-10-6-7-12(17(19)20)9-13(10)15-14(18)16-8-4-3-5-11(16)2/h6-7,9,11H,3-5,8H2,1-2H3,(H,15,18). The molecule has 1 unspecified atom stereocenters. The summed E-state index contributed by atoms with van der Waals surface area (Å²) in [7, 11) is 0. The Kier molecular flexibility index (Phi) is 4.22. The SMILES string of the molecule is Cc1ccc([N+](=O)[O-])cc1NC(=O)N1CCCCC1C. The first-order chi connectivity index (χ1) is 9.49. The van der Waals surface area contributed by atoms with E-state index in [-0.39, 0.29) is 17.8 Å². The predicted octanol–water partition coefficient (Wildman–Crippen LogP) is 3.31. The molecule has 0 aliphatic carbocycles. The number of urea groups is 1. The van der Waals surface area contributed by atoms with Gasteiger partial charge in [-0.2, -0.15) is 0 Å². The quantitative estimate of drug-likeness (QED) is 0.665. The number of nitrogens with one attached hydrogen (secondary N) is 1. The first-order valence-corrected chi connectivity index (χ1v) is 6.81. The molecule has 1 N–H and O–H groups in total. The summed E-state index contributed by atoms with van der Waals surface area (Å²) in [6.07, 6.45) is 3.15. The average Bonchev–Trinajstić information content (AvgIpc) is 2.41. The smallest absolute Gasteiger partial charge is 0.322 e. The van der Waals surface area contributed by atoms with Crippen molar-refractivity contribution in [2.24, 2.45) is 0 Å². The molecule has 2 rings (SSSR count). The van der Waals surface area contributed by atoms with Crippen molar-refractivity contribution in [3.8, 4) is 0 Å². The Hall–Kier alpha value is -2.11. The highest BCUT2D eigenvalue weighted by molar-refractivity contribution is 5.90. The fourth-order valence-corrected chi connectivity index (χ4v) is 2.45. The minimum absolute atomic E-state index is 0.0161. The lowest BCUT2D eigenvalue weighted by molar-refractivity contribution is -0.384. The number of carbonyl (C=O) groups excluding carboxylic acids is 1. The number of aryl methyl sites for hydroxylation is 1. The van der Waals surface area contributed by atoms with Crippen molar-refractivity contribution < 1.29 is 9.72 Å².